The molecule has 0 atom stereocenters. The predicted molar refractivity (Wildman–Crippen MR) is 89.3 cm³/mol. The van der Waals surface area contributed by atoms with E-state index in [9.17, 15) is 0 Å². The minimum absolute atomic E-state index is 0.188. The highest BCUT2D eigenvalue weighted by molar-refractivity contribution is 5.70. The summed E-state index contributed by atoms with van der Waals surface area (Å²) in [5.74, 6) is 0. The van der Waals surface area contributed by atoms with Gasteiger partial charge < -0.3 is 0 Å². The Bertz CT molecular complexity index is 978. The van der Waals surface area contributed by atoms with Gasteiger partial charge in [0.25, 0.3) is 0 Å². The van der Waals surface area contributed by atoms with Crippen LogP contribution in [0.4, 0.5) is 0 Å². The zero-order valence-electron chi connectivity index (χ0n) is 17.3. The van der Waals surface area contributed by atoms with Crippen LogP contribution in [0.1, 0.15) is 23.5 Å². The topological polar surface area (TPSA) is 12.9 Å². The molecular weight excluding hydrogens is 254 g/mol. The molecule has 0 spiro atoms. The second-order valence-electron chi connectivity index (χ2n) is 5.26. The van der Waals surface area contributed by atoms with Crippen LogP contribution in [0.5, 0.6) is 0 Å². The Balaban J connectivity index is 2.18. The molecule has 0 N–H and O–H groups in total. The average Bonchev–Trinajstić information content (AvgIpc) is 2.59. The standard InChI is InChI=1S/C20H19N/c1-14-9-15(2)11-18(10-14)20-12-16(3)19(13-21-20)17-7-5-4-6-8-17/h4-13H,1-3H3/i4D,5D,6D,7D,8D. The SMILES string of the molecule is [2H]c1c([2H])c([2H])c(-c2cnc(-c3cc(C)cc(C)c3)cc2C)c([2H])c1[2H]. The summed E-state index contributed by atoms with van der Waals surface area (Å²) in [6, 6.07) is 6.62. The van der Waals surface area contributed by atoms with E-state index in [1.165, 1.54) is 0 Å². The largest absolute Gasteiger partial charge is 0.256 e. The summed E-state index contributed by atoms with van der Waals surface area (Å²) in [7, 11) is 0. The molecular formula is C20H19N. The minimum Gasteiger partial charge on any atom is -0.256 e. The van der Waals surface area contributed by atoms with Gasteiger partial charge in [0.05, 0.1) is 12.5 Å². The van der Waals surface area contributed by atoms with Crippen molar-refractivity contribution < 1.29 is 6.85 Å². The molecule has 0 aliphatic heterocycles. The summed E-state index contributed by atoms with van der Waals surface area (Å²) in [5.41, 5.74) is 5.64. The van der Waals surface area contributed by atoms with Crippen molar-refractivity contribution in [3.05, 3.63) is 77.4 Å². The lowest BCUT2D eigenvalue weighted by Crippen LogP contribution is -1.90. The molecule has 0 fully saturated rings. The van der Waals surface area contributed by atoms with Gasteiger partial charge in [0.15, 0.2) is 0 Å². The van der Waals surface area contributed by atoms with Gasteiger partial charge in [-0.15, -0.1) is 0 Å². The normalized spacial score (nSPS) is 14.0. The van der Waals surface area contributed by atoms with Crippen molar-refractivity contribution >= 4 is 0 Å². The Hall–Kier alpha value is -2.41. The number of aromatic nitrogens is 1. The van der Waals surface area contributed by atoms with Gasteiger partial charge in [-0.25, -0.2) is 0 Å². The molecule has 0 saturated carbocycles. The highest BCUT2D eigenvalue weighted by atomic mass is 14.7. The molecule has 0 aliphatic rings. The molecule has 0 amide bonds. The third-order valence-electron chi connectivity index (χ3n) is 3.40. The van der Waals surface area contributed by atoms with Gasteiger partial charge >= 0.3 is 0 Å². The van der Waals surface area contributed by atoms with Crippen LogP contribution >= 0.6 is 0 Å². The van der Waals surface area contributed by atoms with Crippen LogP contribution in [-0.4, -0.2) is 4.98 Å². The van der Waals surface area contributed by atoms with Crippen molar-refractivity contribution in [1.82, 2.24) is 4.98 Å². The zero-order valence-corrected chi connectivity index (χ0v) is 12.3. The zero-order chi connectivity index (χ0) is 19.2. The monoisotopic (exact) mass is 278 g/mol. The van der Waals surface area contributed by atoms with Gasteiger partial charge in [-0.2, -0.15) is 0 Å². The van der Waals surface area contributed by atoms with Crippen molar-refractivity contribution in [2.75, 3.05) is 0 Å². The Morgan fingerprint density at radius 3 is 2.10 bits per heavy atom. The van der Waals surface area contributed by atoms with E-state index < -0.39 is 0 Å². The van der Waals surface area contributed by atoms with Gasteiger partial charge in [0.1, 0.15) is 0 Å². The molecule has 2 aromatic carbocycles. The molecule has 1 heterocycles. The number of hydrogen-bond acceptors (Lipinski definition) is 1. The van der Waals surface area contributed by atoms with Gasteiger partial charge in [-0.05, 0) is 50.1 Å². The van der Waals surface area contributed by atoms with Crippen molar-refractivity contribution in [3.63, 3.8) is 0 Å². The van der Waals surface area contributed by atoms with E-state index in [1.807, 2.05) is 26.8 Å². The summed E-state index contributed by atoms with van der Waals surface area (Å²) >= 11 is 0. The molecule has 3 rings (SSSR count). The second kappa shape index (κ2) is 5.53. The van der Waals surface area contributed by atoms with Crippen LogP contribution in [0.15, 0.2) is 60.7 Å². The maximum Gasteiger partial charge on any atom is 0.0705 e. The first-order valence-electron chi connectivity index (χ1n) is 9.33. The quantitative estimate of drug-likeness (QED) is 0.616. The van der Waals surface area contributed by atoms with Crippen LogP contribution in [0.25, 0.3) is 22.4 Å². The lowest BCUT2D eigenvalue weighted by molar-refractivity contribution is 1.27. The molecule has 0 saturated heterocycles. The highest BCUT2D eigenvalue weighted by Gasteiger charge is 2.06. The van der Waals surface area contributed by atoms with Crippen LogP contribution in [0, 0.1) is 20.8 Å². The van der Waals surface area contributed by atoms with Gasteiger partial charge in [0, 0.05) is 17.3 Å². The van der Waals surface area contributed by atoms with Crippen LogP contribution in [0.3, 0.4) is 0 Å². The molecule has 0 radical (unpaired) electrons. The summed E-state index contributed by atoms with van der Waals surface area (Å²) in [4.78, 5) is 4.50. The molecule has 0 aliphatic carbocycles. The number of pyridine rings is 1. The molecule has 1 heteroatoms. The average molecular weight is 278 g/mol. The summed E-state index contributed by atoms with van der Waals surface area (Å²) in [6.07, 6.45) is 1.59. The molecule has 0 bridgehead atoms. The molecule has 1 aromatic heterocycles. The third kappa shape index (κ3) is 2.87. The van der Waals surface area contributed by atoms with E-state index >= 15 is 0 Å². The number of nitrogens with zero attached hydrogens (tertiary/aromatic N) is 1. The van der Waals surface area contributed by atoms with Crippen molar-refractivity contribution in [2.24, 2.45) is 0 Å². The first-order valence-corrected chi connectivity index (χ1v) is 6.83. The van der Waals surface area contributed by atoms with E-state index in [1.54, 1.807) is 6.20 Å². The van der Waals surface area contributed by atoms with Gasteiger partial charge in [-0.1, -0.05) is 47.4 Å². The summed E-state index contributed by atoms with van der Waals surface area (Å²) < 4.78 is 39.7. The van der Waals surface area contributed by atoms with Crippen molar-refractivity contribution in [2.45, 2.75) is 20.8 Å². The smallest absolute Gasteiger partial charge is 0.0705 e. The molecule has 104 valence electrons. The predicted octanol–water partition coefficient (Wildman–Crippen LogP) is 5.34. The fourth-order valence-corrected chi connectivity index (χ4v) is 2.48. The second-order valence-corrected chi connectivity index (χ2v) is 5.26. The number of aryl methyl sites for hydroxylation is 3. The fourth-order valence-electron chi connectivity index (χ4n) is 2.48. The van der Waals surface area contributed by atoms with Crippen molar-refractivity contribution in [1.29, 1.82) is 0 Å². The highest BCUT2D eigenvalue weighted by Crippen LogP contribution is 2.27. The lowest BCUT2D eigenvalue weighted by Gasteiger charge is -2.09. The van der Waals surface area contributed by atoms with Crippen LogP contribution < -0.4 is 0 Å². The van der Waals surface area contributed by atoms with E-state index in [4.69, 9.17) is 6.85 Å². The van der Waals surface area contributed by atoms with Gasteiger partial charge in [-0.3, -0.25) is 4.98 Å². The van der Waals surface area contributed by atoms with E-state index in [-0.39, 0.29) is 35.8 Å². The molecule has 0 unspecified atom stereocenters. The van der Waals surface area contributed by atoms with E-state index in [0.29, 0.717) is 5.56 Å². The van der Waals surface area contributed by atoms with Crippen molar-refractivity contribution in [3.8, 4) is 22.4 Å². The maximum atomic E-state index is 8.14. The van der Waals surface area contributed by atoms with Crippen LogP contribution in [-0.2, 0) is 0 Å². The Morgan fingerprint density at radius 1 is 0.810 bits per heavy atom. The number of benzene rings is 2. The third-order valence-corrected chi connectivity index (χ3v) is 3.40. The number of hydrogen-bond donors (Lipinski definition) is 0. The Labute approximate surface area is 133 Å². The lowest BCUT2D eigenvalue weighted by atomic mass is 9.99. The minimum atomic E-state index is -0.388. The fraction of sp³-hybridized carbons (Fsp3) is 0.150. The Kier molecular flexibility index (Phi) is 2.31. The molecule has 1 nitrogen and oxygen atoms in total. The van der Waals surface area contributed by atoms with E-state index in [0.717, 1.165) is 27.9 Å². The number of rotatable bonds is 2. The molecule has 21 heavy (non-hydrogen) atoms. The first kappa shape index (κ1) is 8.78. The van der Waals surface area contributed by atoms with Crippen LogP contribution in [0.2, 0.25) is 0 Å². The van der Waals surface area contributed by atoms with E-state index in [2.05, 4.69) is 23.2 Å². The maximum absolute atomic E-state index is 8.14. The first-order chi connectivity index (χ1) is 12.2. The Morgan fingerprint density at radius 2 is 1.48 bits per heavy atom. The summed E-state index contributed by atoms with van der Waals surface area (Å²) in [5, 5.41) is 0. The summed E-state index contributed by atoms with van der Waals surface area (Å²) in [6.45, 7) is 5.93. The van der Waals surface area contributed by atoms with Gasteiger partial charge in [0.2, 0.25) is 0 Å². The molecule has 3 aromatic rings.